The van der Waals surface area contributed by atoms with Crippen molar-refractivity contribution in [2.45, 2.75) is 37.4 Å². The Balaban J connectivity index is 0.00000361. The smallest absolute Gasteiger partial charge is 0.100 e. The fourth-order valence-corrected chi connectivity index (χ4v) is 5.91. The van der Waals surface area contributed by atoms with Crippen molar-refractivity contribution in [2.75, 3.05) is 0 Å². The van der Waals surface area contributed by atoms with E-state index in [1.54, 1.807) is 0 Å². The van der Waals surface area contributed by atoms with E-state index in [1.165, 1.54) is 0 Å². The first-order valence-corrected chi connectivity index (χ1v) is 13.8. The van der Waals surface area contributed by atoms with Gasteiger partial charge in [0.1, 0.15) is 9.67 Å². The van der Waals surface area contributed by atoms with E-state index in [-0.39, 0.29) is 8.41 Å². The molecule has 0 aliphatic rings. The second-order valence-electron chi connectivity index (χ2n) is 8.93. The molecule has 0 saturated carbocycles. The van der Waals surface area contributed by atoms with Crippen molar-refractivity contribution >= 4 is 70.7 Å². The lowest BCUT2D eigenvalue weighted by atomic mass is 9.81. The van der Waals surface area contributed by atoms with Gasteiger partial charge in [0, 0.05) is 4.47 Å². The second-order valence-corrected chi connectivity index (χ2v) is 12.0. The van der Waals surface area contributed by atoms with Gasteiger partial charge in [0.2, 0.25) is 0 Å². The van der Waals surface area contributed by atoms with E-state index in [1.807, 2.05) is 0 Å². The molecule has 0 bridgehead atoms. The lowest BCUT2D eigenvalue weighted by Gasteiger charge is -2.24. The normalized spacial score (nSPS) is 11.2. The summed E-state index contributed by atoms with van der Waals surface area (Å²) in [5.74, 6) is 0. The zero-order valence-corrected chi connectivity index (χ0v) is 24.5. The van der Waals surface area contributed by atoms with Crippen molar-refractivity contribution < 1.29 is 0 Å². The predicted molar refractivity (Wildman–Crippen MR) is 168 cm³/mol. The Hall–Kier alpha value is -1.42. The van der Waals surface area contributed by atoms with Gasteiger partial charge in [-0.05, 0) is 95.5 Å². The van der Waals surface area contributed by atoms with Gasteiger partial charge in [0.15, 0.2) is 0 Å². The summed E-state index contributed by atoms with van der Waals surface area (Å²) in [4.78, 5) is -1.35. The number of halogens is 5. The Bertz CT molecular complexity index is 1400. The minimum Gasteiger partial charge on any atom is -0.100 e. The fraction of sp³-hybridized carbons (Fsp3) is 0.200. The van der Waals surface area contributed by atoms with Gasteiger partial charge < -0.3 is 0 Å². The highest BCUT2D eigenvalue weighted by Gasteiger charge is 2.24. The summed E-state index contributed by atoms with van der Waals surface area (Å²) in [6.07, 6.45) is 0. The van der Waals surface area contributed by atoms with Gasteiger partial charge in [-0.15, -0.1) is 46.4 Å². The minimum atomic E-state index is -0.679. The Morgan fingerprint density at radius 3 is 1.58 bits per heavy atom. The van der Waals surface area contributed by atoms with E-state index in [9.17, 15) is 0 Å². The van der Waals surface area contributed by atoms with Crippen LogP contribution in [0.3, 0.4) is 0 Å². The number of aryl methyl sites for hydroxylation is 4. The summed E-state index contributed by atoms with van der Waals surface area (Å²) >= 11 is 29.8. The van der Waals surface area contributed by atoms with Crippen LogP contribution in [0.5, 0.6) is 0 Å². The van der Waals surface area contributed by atoms with Crippen LogP contribution in [0.25, 0.3) is 33.4 Å². The average Bonchev–Trinajstić information content (AvgIpc) is 2.78. The van der Waals surface area contributed by atoms with Crippen LogP contribution >= 0.6 is 62.3 Å². The maximum atomic E-state index is 6.57. The van der Waals surface area contributed by atoms with Gasteiger partial charge in [0.25, 0.3) is 0 Å². The standard InChI is InChI=1S/C30H25BrCl4.BH3/c1-16-12-18(3)26(24(14-16)29(32)33)23-7-5-6-22(20-8-10-21(31)11-9-20)28(23)27-19(4)13-17(2)15-25(27)30(34)35;/h5-15,29-30H,1-4H3;1H3. The number of alkyl halides is 4. The molecule has 0 atom stereocenters. The molecule has 0 heterocycles. The van der Waals surface area contributed by atoms with Gasteiger partial charge in [-0.3, -0.25) is 0 Å². The van der Waals surface area contributed by atoms with Crippen molar-refractivity contribution in [3.63, 3.8) is 0 Å². The third kappa shape index (κ3) is 5.84. The molecule has 6 heteroatoms. The SMILES string of the molecule is B.Cc1cc(C)c(-c2cccc(-c3ccc(Br)cc3)c2-c2c(C)cc(C)cc2C(Cl)Cl)c(C(Cl)Cl)c1. The van der Waals surface area contributed by atoms with Crippen molar-refractivity contribution in [2.24, 2.45) is 0 Å². The third-order valence-corrected chi connectivity index (χ3v) is 7.70. The minimum absolute atomic E-state index is 0. The largest absolute Gasteiger partial charge is 0.133 e. The summed E-state index contributed by atoms with van der Waals surface area (Å²) < 4.78 is 1.02. The van der Waals surface area contributed by atoms with E-state index >= 15 is 0 Å². The lowest BCUT2D eigenvalue weighted by Crippen LogP contribution is -2.01. The third-order valence-electron chi connectivity index (χ3n) is 6.23. The van der Waals surface area contributed by atoms with Gasteiger partial charge in [-0.2, -0.15) is 0 Å². The summed E-state index contributed by atoms with van der Waals surface area (Å²) in [6.45, 7) is 8.33. The zero-order chi connectivity index (χ0) is 25.4. The molecule has 0 unspecified atom stereocenters. The molecule has 0 saturated heterocycles. The highest BCUT2D eigenvalue weighted by molar-refractivity contribution is 9.10. The molecule has 0 aliphatic heterocycles. The van der Waals surface area contributed by atoms with E-state index in [0.29, 0.717) is 0 Å². The zero-order valence-electron chi connectivity index (χ0n) is 19.9. The van der Waals surface area contributed by atoms with E-state index in [2.05, 4.69) is 110 Å². The van der Waals surface area contributed by atoms with Crippen molar-refractivity contribution in [3.8, 4) is 33.4 Å². The monoisotopic (exact) mass is 618 g/mol. The van der Waals surface area contributed by atoms with Gasteiger partial charge in [-0.1, -0.05) is 81.7 Å². The average molecular weight is 621 g/mol. The highest BCUT2D eigenvalue weighted by Crippen LogP contribution is 2.48. The molecule has 0 amide bonds. The Morgan fingerprint density at radius 2 is 1.06 bits per heavy atom. The number of rotatable bonds is 5. The number of hydrogen-bond donors (Lipinski definition) is 0. The molecule has 186 valence electrons. The first-order valence-electron chi connectivity index (χ1n) is 11.3. The summed E-state index contributed by atoms with van der Waals surface area (Å²) in [5.41, 5.74) is 12.6. The first kappa shape index (κ1) is 29.1. The molecule has 0 aliphatic carbocycles. The summed E-state index contributed by atoms with van der Waals surface area (Å²) in [6, 6.07) is 23.2. The molecular formula is C30H28BBrCl4. The van der Waals surface area contributed by atoms with Crippen LogP contribution in [0.2, 0.25) is 0 Å². The van der Waals surface area contributed by atoms with Gasteiger partial charge in [-0.25, -0.2) is 0 Å². The molecule has 36 heavy (non-hydrogen) atoms. The molecule has 0 nitrogen and oxygen atoms in total. The molecule has 0 radical (unpaired) electrons. The Kier molecular flexibility index (Phi) is 9.69. The molecule has 0 N–H and O–H groups in total. The molecule has 0 aromatic heterocycles. The number of benzene rings is 4. The maximum absolute atomic E-state index is 6.57. The van der Waals surface area contributed by atoms with Crippen molar-refractivity contribution in [1.29, 1.82) is 0 Å². The van der Waals surface area contributed by atoms with E-state index < -0.39 is 9.67 Å². The molecule has 0 spiro atoms. The summed E-state index contributed by atoms with van der Waals surface area (Å²) in [5, 5.41) is 0. The molecular weight excluding hydrogens is 593 g/mol. The second kappa shape index (κ2) is 12.0. The molecule has 0 fully saturated rings. The predicted octanol–water partition coefficient (Wildman–Crippen LogP) is 10.5. The topological polar surface area (TPSA) is 0 Å². The quantitative estimate of drug-likeness (QED) is 0.154. The Labute approximate surface area is 244 Å². The van der Waals surface area contributed by atoms with Crippen LogP contribution in [0.15, 0.2) is 71.2 Å². The fourth-order valence-electron chi connectivity index (χ4n) is 4.95. The van der Waals surface area contributed by atoms with Crippen LogP contribution in [0, 0.1) is 27.7 Å². The van der Waals surface area contributed by atoms with Crippen molar-refractivity contribution in [1.82, 2.24) is 0 Å². The first-order chi connectivity index (χ1) is 16.6. The molecule has 4 aromatic carbocycles. The maximum Gasteiger partial charge on any atom is 0.133 e. The van der Waals surface area contributed by atoms with E-state index in [4.69, 9.17) is 46.4 Å². The molecule has 4 rings (SSSR count). The highest BCUT2D eigenvalue weighted by atomic mass is 79.9. The van der Waals surface area contributed by atoms with Crippen LogP contribution in [-0.4, -0.2) is 8.41 Å². The van der Waals surface area contributed by atoms with Crippen molar-refractivity contribution in [3.05, 3.63) is 105 Å². The van der Waals surface area contributed by atoms with Crippen LogP contribution < -0.4 is 0 Å². The number of hydrogen-bond acceptors (Lipinski definition) is 0. The summed E-state index contributed by atoms with van der Waals surface area (Å²) in [7, 11) is 0. The van der Waals surface area contributed by atoms with Gasteiger partial charge in [0.05, 0.1) is 8.41 Å². The van der Waals surface area contributed by atoms with Crippen LogP contribution in [0.4, 0.5) is 0 Å². The van der Waals surface area contributed by atoms with E-state index in [0.717, 1.165) is 71.2 Å². The Morgan fingerprint density at radius 1 is 0.583 bits per heavy atom. The lowest BCUT2D eigenvalue weighted by molar-refractivity contribution is 1.26. The van der Waals surface area contributed by atoms with Crippen LogP contribution in [-0.2, 0) is 0 Å². The molecule has 4 aromatic rings. The van der Waals surface area contributed by atoms with Crippen LogP contribution in [0.1, 0.15) is 43.1 Å². The van der Waals surface area contributed by atoms with Gasteiger partial charge >= 0.3 is 0 Å².